The van der Waals surface area contributed by atoms with Gasteiger partial charge in [0.05, 0.1) is 36.8 Å². The number of carbonyl (C=O) groups excluding carboxylic acids is 2. The van der Waals surface area contributed by atoms with E-state index in [4.69, 9.17) is 4.98 Å². The fourth-order valence-electron chi connectivity index (χ4n) is 5.55. The molecule has 1 unspecified atom stereocenters. The van der Waals surface area contributed by atoms with Crippen LogP contribution in [0.4, 0.5) is 13.2 Å². The number of carbonyl (C=O) groups is 2. The van der Waals surface area contributed by atoms with Gasteiger partial charge in [0.1, 0.15) is 5.69 Å². The van der Waals surface area contributed by atoms with E-state index in [2.05, 4.69) is 27.4 Å². The second-order valence-electron chi connectivity index (χ2n) is 11.5. The molecule has 0 saturated heterocycles. The van der Waals surface area contributed by atoms with Gasteiger partial charge in [0.15, 0.2) is 5.65 Å². The summed E-state index contributed by atoms with van der Waals surface area (Å²) in [4.78, 5) is 30.7. The second-order valence-corrected chi connectivity index (χ2v) is 11.5. The first kappa shape index (κ1) is 28.8. The van der Waals surface area contributed by atoms with Gasteiger partial charge >= 0.3 is 0 Å². The molecule has 5 rings (SSSR count). The Morgan fingerprint density at radius 2 is 1.80 bits per heavy atom. The zero-order chi connectivity index (χ0) is 29.3. The van der Waals surface area contributed by atoms with Crippen molar-refractivity contribution in [2.45, 2.75) is 82.8 Å². The molecule has 0 aromatic carbocycles. The third kappa shape index (κ3) is 6.46. The van der Waals surface area contributed by atoms with E-state index in [9.17, 15) is 22.8 Å². The summed E-state index contributed by atoms with van der Waals surface area (Å²) >= 11 is 0. The van der Waals surface area contributed by atoms with E-state index >= 15 is 0 Å². The molecule has 2 N–H and O–H groups in total. The van der Waals surface area contributed by atoms with Gasteiger partial charge in [-0.25, -0.2) is 18.3 Å². The fourth-order valence-corrected chi connectivity index (χ4v) is 5.55. The average Bonchev–Trinajstić information content (AvgIpc) is 3.48. The van der Waals surface area contributed by atoms with Gasteiger partial charge in [-0.05, 0) is 69.1 Å². The lowest BCUT2D eigenvalue weighted by Gasteiger charge is -2.33. The van der Waals surface area contributed by atoms with Gasteiger partial charge in [0.2, 0.25) is 11.8 Å². The number of hydrogen-bond acceptors (Lipinski definition) is 5. The number of rotatable bonds is 11. The number of nitrogens with zero attached hydrogens (tertiary/aromatic N) is 5. The van der Waals surface area contributed by atoms with E-state index in [0.29, 0.717) is 17.0 Å². The number of amides is 2. The summed E-state index contributed by atoms with van der Waals surface area (Å²) in [5.74, 6) is -3.46. The molecule has 2 saturated carbocycles. The van der Waals surface area contributed by atoms with E-state index in [1.165, 1.54) is 0 Å². The normalized spacial score (nSPS) is 18.8. The third-order valence-corrected chi connectivity index (χ3v) is 8.05. The molecular formula is C29H36F3N7O2. The predicted octanol–water partition coefficient (Wildman–Crippen LogP) is 5.29. The minimum atomic E-state index is -2.71. The summed E-state index contributed by atoms with van der Waals surface area (Å²) in [5.41, 5.74) is 2.36. The van der Waals surface area contributed by atoms with Gasteiger partial charge < -0.3 is 10.6 Å². The lowest BCUT2D eigenvalue weighted by atomic mass is 9.81. The van der Waals surface area contributed by atoms with Crippen molar-refractivity contribution in [3.05, 3.63) is 59.8 Å². The van der Waals surface area contributed by atoms with Crippen LogP contribution in [-0.4, -0.2) is 48.8 Å². The Morgan fingerprint density at radius 1 is 1.10 bits per heavy atom. The number of halogens is 3. The molecule has 2 fully saturated rings. The molecule has 41 heavy (non-hydrogen) atoms. The molecule has 12 heteroatoms. The molecule has 3 aromatic rings. The van der Waals surface area contributed by atoms with Crippen molar-refractivity contribution in [1.29, 1.82) is 0 Å². The van der Waals surface area contributed by atoms with E-state index in [-0.39, 0.29) is 73.4 Å². The fraction of sp³-hybridized carbons (Fsp3) is 0.552. The molecule has 220 valence electrons. The maximum Gasteiger partial charge on any atom is 0.270 e. The quantitative estimate of drug-likeness (QED) is 0.305. The summed E-state index contributed by atoms with van der Waals surface area (Å²) in [5, 5.41) is 14.8. The number of imidazole rings is 1. The van der Waals surface area contributed by atoms with E-state index in [1.54, 1.807) is 33.9 Å². The lowest BCUT2D eigenvalue weighted by Crippen LogP contribution is -2.38. The Kier molecular flexibility index (Phi) is 8.19. The maximum absolute atomic E-state index is 14.0. The molecule has 3 aromatic heterocycles. The summed E-state index contributed by atoms with van der Waals surface area (Å²) in [6.07, 6.45) is 6.78. The molecule has 2 aliphatic carbocycles. The van der Waals surface area contributed by atoms with Crippen molar-refractivity contribution in [1.82, 2.24) is 35.0 Å². The minimum absolute atomic E-state index is 0.0255. The van der Waals surface area contributed by atoms with Gasteiger partial charge in [0.25, 0.3) is 5.91 Å². The van der Waals surface area contributed by atoms with Gasteiger partial charge in [-0.2, -0.15) is 10.2 Å². The van der Waals surface area contributed by atoms with Gasteiger partial charge in [-0.3, -0.25) is 18.7 Å². The molecule has 2 amide bonds. The smallest absolute Gasteiger partial charge is 0.270 e. The van der Waals surface area contributed by atoms with Crippen LogP contribution in [0.5, 0.6) is 0 Å². The van der Waals surface area contributed by atoms with Crippen LogP contribution in [0.25, 0.3) is 5.65 Å². The standard InChI is InChI=1S/C29H36F3N7O2/c1-17(2)39-23(9-13-33-39)28(41)37-26(20-6-10-29(31,32)11-7-20)22-16-38-24(35-22)14-21(15-34-38)25(19-4-5-19)36-27(40)18(3)8-12-30/h9,13-17,19-20,25-26H,3-8,10-12H2,1-2H3,(H,36,40)(H,37,41)/t25?,26-/m0/s1. The van der Waals surface area contributed by atoms with E-state index in [1.807, 2.05) is 19.9 Å². The SMILES string of the molecule is C=C(CCF)C(=O)NC(c1cnn2cc([C@@H](NC(=O)c3ccnn3C(C)C)C3CCC(F)(F)CC3)nc2c1)C1CC1. The van der Waals surface area contributed by atoms with Gasteiger partial charge in [-0.15, -0.1) is 0 Å². The topological polar surface area (TPSA) is 106 Å². The first-order chi connectivity index (χ1) is 19.6. The van der Waals surface area contributed by atoms with Crippen LogP contribution >= 0.6 is 0 Å². The minimum Gasteiger partial charge on any atom is -0.345 e. The number of nitrogens with one attached hydrogen (secondary N) is 2. The number of aromatic nitrogens is 5. The van der Waals surface area contributed by atoms with Crippen LogP contribution in [0, 0.1) is 11.8 Å². The molecule has 0 spiro atoms. The van der Waals surface area contributed by atoms with Crippen LogP contribution in [0.1, 0.15) is 98.7 Å². The lowest BCUT2D eigenvalue weighted by molar-refractivity contribution is -0.118. The highest BCUT2D eigenvalue weighted by Gasteiger charge is 2.40. The van der Waals surface area contributed by atoms with Crippen molar-refractivity contribution >= 4 is 17.5 Å². The van der Waals surface area contributed by atoms with E-state index in [0.717, 1.165) is 18.4 Å². The number of hydrogen-bond donors (Lipinski definition) is 2. The van der Waals surface area contributed by atoms with Crippen molar-refractivity contribution in [2.75, 3.05) is 6.67 Å². The number of fused-ring (bicyclic) bond motifs is 1. The molecule has 0 bridgehead atoms. The monoisotopic (exact) mass is 571 g/mol. The Bertz CT molecular complexity index is 1420. The van der Waals surface area contributed by atoms with Crippen molar-refractivity contribution < 1.29 is 22.8 Å². The van der Waals surface area contributed by atoms with Gasteiger partial charge in [0, 0.05) is 37.1 Å². The van der Waals surface area contributed by atoms with Crippen molar-refractivity contribution in [3.8, 4) is 0 Å². The molecular weight excluding hydrogens is 535 g/mol. The third-order valence-electron chi connectivity index (χ3n) is 8.05. The Hall–Kier alpha value is -3.70. The zero-order valence-electron chi connectivity index (χ0n) is 23.3. The first-order valence-corrected chi connectivity index (χ1v) is 14.2. The average molecular weight is 572 g/mol. The largest absolute Gasteiger partial charge is 0.345 e. The Balaban J connectivity index is 1.43. The highest BCUT2D eigenvalue weighted by molar-refractivity contribution is 5.93. The van der Waals surface area contributed by atoms with E-state index < -0.39 is 18.6 Å². The summed E-state index contributed by atoms with van der Waals surface area (Å²) in [7, 11) is 0. The summed E-state index contributed by atoms with van der Waals surface area (Å²) in [6, 6.07) is 2.50. The van der Waals surface area contributed by atoms with Crippen molar-refractivity contribution in [2.24, 2.45) is 11.8 Å². The summed E-state index contributed by atoms with van der Waals surface area (Å²) in [6.45, 7) is 6.87. The molecule has 3 heterocycles. The molecule has 2 aliphatic rings. The molecule has 2 atom stereocenters. The Morgan fingerprint density at radius 3 is 2.46 bits per heavy atom. The number of alkyl halides is 3. The Labute approximate surface area is 236 Å². The van der Waals surface area contributed by atoms with Crippen LogP contribution < -0.4 is 10.6 Å². The molecule has 9 nitrogen and oxygen atoms in total. The maximum atomic E-state index is 14.0. The first-order valence-electron chi connectivity index (χ1n) is 14.2. The van der Waals surface area contributed by atoms with Gasteiger partial charge in [-0.1, -0.05) is 6.58 Å². The van der Waals surface area contributed by atoms with Crippen LogP contribution in [0.3, 0.4) is 0 Å². The van der Waals surface area contributed by atoms with Crippen LogP contribution in [0.2, 0.25) is 0 Å². The highest BCUT2D eigenvalue weighted by atomic mass is 19.3. The zero-order valence-corrected chi connectivity index (χ0v) is 23.3. The van der Waals surface area contributed by atoms with Crippen molar-refractivity contribution in [3.63, 3.8) is 0 Å². The molecule has 0 aliphatic heterocycles. The van der Waals surface area contributed by atoms with Crippen LogP contribution in [-0.2, 0) is 4.79 Å². The predicted molar refractivity (Wildman–Crippen MR) is 146 cm³/mol. The highest BCUT2D eigenvalue weighted by Crippen LogP contribution is 2.43. The molecule has 0 radical (unpaired) electrons. The summed E-state index contributed by atoms with van der Waals surface area (Å²) < 4.78 is 44.0. The second kappa shape index (κ2) is 11.7. The van der Waals surface area contributed by atoms with Crippen LogP contribution in [0.15, 0.2) is 42.9 Å².